The lowest BCUT2D eigenvalue weighted by Crippen LogP contribution is -2.34. The van der Waals surface area contributed by atoms with E-state index in [4.69, 9.17) is 4.74 Å². The van der Waals surface area contributed by atoms with E-state index in [0.29, 0.717) is 17.0 Å². The summed E-state index contributed by atoms with van der Waals surface area (Å²) in [5.41, 5.74) is 0.846. The Labute approximate surface area is 161 Å². The van der Waals surface area contributed by atoms with Gasteiger partial charge in [0.2, 0.25) is 0 Å². The molecule has 27 heavy (non-hydrogen) atoms. The molecule has 0 spiro atoms. The Bertz CT molecular complexity index is 875. The van der Waals surface area contributed by atoms with Crippen molar-refractivity contribution in [2.24, 2.45) is 0 Å². The van der Waals surface area contributed by atoms with E-state index in [1.165, 1.54) is 30.6 Å². The fraction of sp³-hybridized carbons (Fsp3) is 0.350. The number of carbonyl (C=O) groups is 1. The van der Waals surface area contributed by atoms with Crippen molar-refractivity contribution in [1.82, 2.24) is 5.32 Å². The number of methoxy groups -OCH3 is 1. The number of anilines is 1. The predicted octanol–water partition coefficient (Wildman–Crippen LogP) is 3.44. The standard InChI is InChI=1S/C20H26N2O4S/c1-5-16(6-2)21-20(23)15-8-7-9-17(14-15)22(3)27(24,25)19-12-10-18(26-4)11-13-19/h7-14,16H,5-6H2,1-4H3,(H,21,23). The van der Waals surface area contributed by atoms with Gasteiger partial charge in [0.15, 0.2) is 0 Å². The van der Waals surface area contributed by atoms with Crippen molar-refractivity contribution in [3.05, 3.63) is 54.1 Å². The number of rotatable bonds is 8. The fourth-order valence-electron chi connectivity index (χ4n) is 2.65. The molecule has 2 aromatic rings. The first-order valence-corrected chi connectivity index (χ1v) is 10.3. The summed E-state index contributed by atoms with van der Waals surface area (Å²) in [6, 6.07) is 12.9. The van der Waals surface area contributed by atoms with Gasteiger partial charge in [-0.25, -0.2) is 8.42 Å². The summed E-state index contributed by atoms with van der Waals surface area (Å²) in [5.74, 6) is 0.373. The zero-order chi connectivity index (χ0) is 20.0. The summed E-state index contributed by atoms with van der Waals surface area (Å²) in [6.07, 6.45) is 1.68. The number of nitrogens with zero attached hydrogens (tertiary/aromatic N) is 1. The molecule has 0 unspecified atom stereocenters. The molecule has 1 N–H and O–H groups in total. The SMILES string of the molecule is CCC(CC)NC(=O)c1cccc(N(C)S(=O)(=O)c2ccc(OC)cc2)c1. The molecule has 0 bridgehead atoms. The van der Waals surface area contributed by atoms with Crippen molar-refractivity contribution >= 4 is 21.6 Å². The third-order valence-corrected chi connectivity index (χ3v) is 6.31. The number of sulfonamides is 1. The molecule has 0 saturated heterocycles. The van der Waals surface area contributed by atoms with Crippen molar-refractivity contribution in [2.75, 3.05) is 18.5 Å². The molecule has 0 aliphatic carbocycles. The molecule has 0 saturated carbocycles. The van der Waals surface area contributed by atoms with Crippen LogP contribution in [0, 0.1) is 0 Å². The van der Waals surface area contributed by atoms with Crippen LogP contribution < -0.4 is 14.4 Å². The van der Waals surface area contributed by atoms with Gasteiger partial charge in [-0.3, -0.25) is 9.10 Å². The lowest BCUT2D eigenvalue weighted by molar-refractivity contribution is 0.0935. The Morgan fingerprint density at radius 2 is 1.74 bits per heavy atom. The van der Waals surface area contributed by atoms with Crippen molar-refractivity contribution in [3.63, 3.8) is 0 Å². The van der Waals surface area contributed by atoms with E-state index in [1.807, 2.05) is 13.8 Å². The van der Waals surface area contributed by atoms with Crippen LogP contribution in [0.1, 0.15) is 37.0 Å². The lowest BCUT2D eigenvalue weighted by Gasteiger charge is -2.21. The zero-order valence-electron chi connectivity index (χ0n) is 16.1. The van der Waals surface area contributed by atoms with Gasteiger partial charge in [0.05, 0.1) is 17.7 Å². The number of carbonyl (C=O) groups excluding carboxylic acids is 1. The molecule has 0 aliphatic rings. The van der Waals surface area contributed by atoms with Gasteiger partial charge in [-0.1, -0.05) is 19.9 Å². The Morgan fingerprint density at radius 3 is 2.30 bits per heavy atom. The monoisotopic (exact) mass is 390 g/mol. The molecule has 0 aliphatic heterocycles. The van der Waals surface area contributed by atoms with Crippen molar-refractivity contribution < 1.29 is 17.9 Å². The van der Waals surface area contributed by atoms with Gasteiger partial charge in [0, 0.05) is 18.7 Å². The molecule has 2 aromatic carbocycles. The Kier molecular flexibility index (Phi) is 6.85. The first-order chi connectivity index (χ1) is 12.8. The molecular weight excluding hydrogens is 364 g/mol. The summed E-state index contributed by atoms with van der Waals surface area (Å²) in [5, 5.41) is 2.96. The molecule has 2 rings (SSSR count). The highest BCUT2D eigenvalue weighted by Crippen LogP contribution is 2.24. The minimum absolute atomic E-state index is 0.0990. The van der Waals surface area contributed by atoms with Crippen molar-refractivity contribution in [1.29, 1.82) is 0 Å². The van der Waals surface area contributed by atoms with Crippen molar-refractivity contribution in [2.45, 2.75) is 37.6 Å². The molecular formula is C20H26N2O4S. The van der Waals surface area contributed by atoms with Crippen LogP contribution in [0.25, 0.3) is 0 Å². The predicted molar refractivity (Wildman–Crippen MR) is 107 cm³/mol. The largest absolute Gasteiger partial charge is 0.497 e. The average Bonchev–Trinajstić information content (AvgIpc) is 2.71. The van der Waals surface area contributed by atoms with Crippen molar-refractivity contribution in [3.8, 4) is 5.75 Å². The number of ether oxygens (including phenoxy) is 1. The van der Waals surface area contributed by atoms with E-state index in [-0.39, 0.29) is 16.8 Å². The minimum atomic E-state index is -3.75. The van der Waals surface area contributed by atoms with Gasteiger partial charge >= 0.3 is 0 Å². The number of hydrogen-bond donors (Lipinski definition) is 1. The topological polar surface area (TPSA) is 75.7 Å². The molecule has 146 valence electrons. The van der Waals surface area contributed by atoms with Crippen LogP contribution in [0.15, 0.2) is 53.4 Å². The van der Waals surface area contributed by atoms with Gasteiger partial charge in [0.25, 0.3) is 15.9 Å². The summed E-state index contributed by atoms with van der Waals surface area (Å²) in [7, 11) is -0.754. The second-order valence-electron chi connectivity index (χ2n) is 6.19. The van der Waals surface area contributed by atoms with Gasteiger partial charge < -0.3 is 10.1 Å². The Balaban J connectivity index is 2.27. The van der Waals surface area contributed by atoms with Crippen LogP contribution in [0.2, 0.25) is 0 Å². The molecule has 0 fully saturated rings. The molecule has 6 nitrogen and oxygen atoms in total. The highest BCUT2D eigenvalue weighted by molar-refractivity contribution is 7.92. The van der Waals surface area contributed by atoms with Crippen LogP contribution in [0.4, 0.5) is 5.69 Å². The van der Waals surface area contributed by atoms with Crippen LogP contribution in [-0.2, 0) is 10.0 Å². The van der Waals surface area contributed by atoms with Gasteiger partial charge in [-0.05, 0) is 55.3 Å². The summed E-state index contributed by atoms with van der Waals surface area (Å²) >= 11 is 0. The van der Waals surface area contributed by atoms with Gasteiger partial charge in [-0.15, -0.1) is 0 Å². The van der Waals surface area contributed by atoms with Crippen LogP contribution in [-0.4, -0.2) is 34.5 Å². The quantitative estimate of drug-likeness (QED) is 0.749. The minimum Gasteiger partial charge on any atom is -0.497 e. The van der Waals surface area contributed by atoms with Gasteiger partial charge in [0.1, 0.15) is 5.75 Å². The van der Waals surface area contributed by atoms with E-state index >= 15 is 0 Å². The molecule has 0 aromatic heterocycles. The second-order valence-corrected chi connectivity index (χ2v) is 8.15. The van der Waals surface area contributed by atoms with E-state index in [9.17, 15) is 13.2 Å². The fourth-order valence-corrected chi connectivity index (χ4v) is 3.84. The summed E-state index contributed by atoms with van der Waals surface area (Å²) < 4.78 is 32.0. The van der Waals surface area contributed by atoms with E-state index in [2.05, 4.69) is 5.32 Å². The Hall–Kier alpha value is -2.54. The molecule has 0 atom stereocenters. The summed E-state index contributed by atoms with van der Waals surface area (Å²) in [4.78, 5) is 12.6. The maximum Gasteiger partial charge on any atom is 0.264 e. The first-order valence-electron chi connectivity index (χ1n) is 8.87. The average molecular weight is 391 g/mol. The van der Waals surface area contributed by atoms with Crippen LogP contribution in [0.5, 0.6) is 5.75 Å². The smallest absolute Gasteiger partial charge is 0.264 e. The van der Waals surface area contributed by atoms with E-state index in [1.54, 1.807) is 36.4 Å². The number of hydrogen-bond acceptors (Lipinski definition) is 4. The highest BCUT2D eigenvalue weighted by atomic mass is 32.2. The molecule has 1 amide bonds. The third kappa shape index (κ3) is 4.80. The first kappa shape index (κ1) is 20.8. The van der Waals surface area contributed by atoms with Crippen LogP contribution in [0.3, 0.4) is 0 Å². The molecule has 7 heteroatoms. The van der Waals surface area contributed by atoms with E-state index < -0.39 is 10.0 Å². The zero-order valence-corrected chi connectivity index (χ0v) is 16.9. The number of nitrogens with one attached hydrogen (secondary N) is 1. The van der Waals surface area contributed by atoms with E-state index in [0.717, 1.165) is 12.8 Å². The molecule has 0 heterocycles. The lowest BCUT2D eigenvalue weighted by atomic mass is 10.1. The summed E-state index contributed by atoms with van der Waals surface area (Å²) in [6.45, 7) is 4.03. The van der Waals surface area contributed by atoms with Gasteiger partial charge in [-0.2, -0.15) is 0 Å². The highest BCUT2D eigenvalue weighted by Gasteiger charge is 2.22. The number of amides is 1. The van der Waals surface area contributed by atoms with Crippen LogP contribution >= 0.6 is 0 Å². The second kappa shape index (κ2) is 8.90. The maximum absolute atomic E-state index is 12.9. The third-order valence-electron chi connectivity index (χ3n) is 4.51. The normalized spacial score (nSPS) is 11.3. The number of benzene rings is 2. The Morgan fingerprint density at radius 1 is 1.11 bits per heavy atom. The maximum atomic E-state index is 12.9. The molecule has 0 radical (unpaired) electrons.